The summed E-state index contributed by atoms with van der Waals surface area (Å²) in [6, 6.07) is 7.19. The number of carbonyl (C=O) groups is 2. The van der Waals surface area contributed by atoms with Gasteiger partial charge in [-0.3, -0.25) is 9.48 Å². The van der Waals surface area contributed by atoms with E-state index in [1.165, 1.54) is 0 Å². The standard InChI is InChI=1S/C15H16N2O4/c1-9-14(15(20)21)10(2)17(16-9)8-12-6-4-3-5-11(12)7-13(18)19/h3-6H,7-8H2,1-2H3,(H,18,19)(H,20,21). The van der Waals surface area contributed by atoms with Crippen molar-refractivity contribution in [1.29, 1.82) is 0 Å². The minimum absolute atomic E-state index is 0.0682. The summed E-state index contributed by atoms with van der Waals surface area (Å²) in [5.41, 5.74) is 2.74. The third kappa shape index (κ3) is 3.10. The summed E-state index contributed by atoms with van der Waals surface area (Å²) in [5.74, 6) is -1.91. The Hall–Kier alpha value is -2.63. The predicted molar refractivity (Wildman–Crippen MR) is 75.5 cm³/mol. The highest BCUT2D eigenvalue weighted by atomic mass is 16.4. The van der Waals surface area contributed by atoms with Gasteiger partial charge in [0.05, 0.1) is 24.4 Å². The van der Waals surface area contributed by atoms with Crippen LogP contribution in [0, 0.1) is 13.8 Å². The molecule has 6 heteroatoms. The molecular formula is C15H16N2O4. The molecular weight excluding hydrogens is 272 g/mol. The largest absolute Gasteiger partial charge is 0.481 e. The van der Waals surface area contributed by atoms with Crippen LogP contribution in [0.1, 0.15) is 32.9 Å². The van der Waals surface area contributed by atoms with E-state index in [1.807, 2.05) is 12.1 Å². The number of carboxylic acids is 2. The Morgan fingerprint density at radius 3 is 2.29 bits per heavy atom. The van der Waals surface area contributed by atoms with Gasteiger partial charge in [-0.05, 0) is 25.0 Å². The van der Waals surface area contributed by atoms with E-state index in [-0.39, 0.29) is 12.0 Å². The second-order valence-corrected chi connectivity index (χ2v) is 4.85. The van der Waals surface area contributed by atoms with Crippen molar-refractivity contribution in [1.82, 2.24) is 9.78 Å². The zero-order valence-corrected chi connectivity index (χ0v) is 11.8. The third-order valence-corrected chi connectivity index (χ3v) is 3.38. The number of benzene rings is 1. The highest BCUT2D eigenvalue weighted by Crippen LogP contribution is 2.17. The predicted octanol–water partition coefficient (Wildman–Crippen LogP) is 1.87. The molecule has 0 aliphatic heterocycles. The van der Waals surface area contributed by atoms with Crippen LogP contribution in [-0.2, 0) is 17.8 Å². The second kappa shape index (κ2) is 5.78. The number of aromatic carboxylic acids is 1. The lowest BCUT2D eigenvalue weighted by Gasteiger charge is -2.09. The molecule has 1 aromatic heterocycles. The van der Waals surface area contributed by atoms with E-state index in [4.69, 9.17) is 10.2 Å². The van der Waals surface area contributed by atoms with Gasteiger partial charge in [-0.2, -0.15) is 5.10 Å². The van der Waals surface area contributed by atoms with Gasteiger partial charge in [0.25, 0.3) is 0 Å². The Labute approximate surface area is 121 Å². The van der Waals surface area contributed by atoms with Crippen LogP contribution in [0.3, 0.4) is 0 Å². The van der Waals surface area contributed by atoms with Crippen LogP contribution in [0.15, 0.2) is 24.3 Å². The van der Waals surface area contributed by atoms with Gasteiger partial charge in [0.15, 0.2) is 0 Å². The lowest BCUT2D eigenvalue weighted by molar-refractivity contribution is -0.136. The topological polar surface area (TPSA) is 92.4 Å². The average Bonchev–Trinajstić information content (AvgIpc) is 2.66. The molecule has 6 nitrogen and oxygen atoms in total. The Balaban J connectivity index is 2.37. The normalized spacial score (nSPS) is 10.6. The van der Waals surface area contributed by atoms with E-state index >= 15 is 0 Å². The lowest BCUT2D eigenvalue weighted by atomic mass is 10.0. The van der Waals surface area contributed by atoms with Crippen LogP contribution in [0.4, 0.5) is 0 Å². The maximum Gasteiger partial charge on any atom is 0.339 e. The van der Waals surface area contributed by atoms with Gasteiger partial charge >= 0.3 is 11.9 Å². The number of aromatic nitrogens is 2. The zero-order chi connectivity index (χ0) is 15.6. The molecule has 0 fully saturated rings. The fraction of sp³-hybridized carbons (Fsp3) is 0.267. The smallest absolute Gasteiger partial charge is 0.339 e. The average molecular weight is 288 g/mol. The van der Waals surface area contributed by atoms with Crippen molar-refractivity contribution in [2.45, 2.75) is 26.8 Å². The van der Waals surface area contributed by atoms with Crippen LogP contribution in [0.5, 0.6) is 0 Å². The molecule has 1 aromatic carbocycles. The number of rotatable bonds is 5. The van der Waals surface area contributed by atoms with Crippen molar-refractivity contribution in [3.05, 3.63) is 52.3 Å². The van der Waals surface area contributed by atoms with Gasteiger partial charge in [-0.1, -0.05) is 24.3 Å². The van der Waals surface area contributed by atoms with E-state index in [1.54, 1.807) is 30.7 Å². The number of aryl methyl sites for hydroxylation is 1. The Bertz CT molecular complexity index is 704. The molecule has 0 amide bonds. The first-order valence-electron chi connectivity index (χ1n) is 6.46. The fourth-order valence-electron chi connectivity index (χ4n) is 2.37. The molecule has 1 heterocycles. The van der Waals surface area contributed by atoms with Gasteiger partial charge in [0.1, 0.15) is 5.56 Å². The first-order chi connectivity index (χ1) is 9.90. The van der Waals surface area contributed by atoms with Crippen LogP contribution >= 0.6 is 0 Å². The van der Waals surface area contributed by atoms with E-state index in [0.717, 1.165) is 5.56 Å². The van der Waals surface area contributed by atoms with Crippen molar-refractivity contribution in [2.75, 3.05) is 0 Å². The molecule has 0 aliphatic carbocycles. The Morgan fingerprint density at radius 1 is 1.14 bits per heavy atom. The first kappa shape index (κ1) is 14.8. The van der Waals surface area contributed by atoms with Crippen LogP contribution < -0.4 is 0 Å². The van der Waals surface area contributed by atoms with E-state index in [2.05, 4.69) is 5.10 Å². The van der Waals surface area contributed by atoms with Gasteiger partial charge < -0.3 is 10.2 Å². The van der Waals surface area contributed by atoms with Gasteiger partial charge in [0.2, 0.25) is 0 Å². The summed E-state index contributed by atoms with van der Waals surface area (Å²) in [6.45, 7) is 3.70. The van der Waals surface area contributed by atoms with E-state index < -0.39 is 11.9 Å². The molecule has 2 aromatic rings. The molecule has 0 aliphatic rings. The van der Waals surface area contributed by atoms with Crippen molar-refractivity contribution >= 4 is 11.9 Å². The van der Waals surface area contributed by atoms with Gasteiger partial charge in [0, 0.05) is 0 Å². The molecule has 0 bridgehead atoms. The monoisotopic (exact) mass is 288 g/mol. The fourth-order valence-corrected chi connectivity index (χ4v) is 2.37. The minimum Gasteiger partial charge on any atom is -0.481 e. The van der Waals surface area contributed by atoms with Crippen molar-refractivity contribution < 1.29 is 19.8 Å². The maximum absolute atomic E-state index is 11.2. The van der Waals surface area contributed by atoms with Crippen molar-refractivity contribution in [3.8, 4) is 0 Å². The highest BCUT2D eigenvalue weighted by Gasteiger charge is 2.18. The summed E-state index contributed by atoms with van der Waals surface area (Å²) >= 11 is 0. The summed E-state index contributed by atoms with van der Waals surface area (Å²) in [6.07, 6.45) is -0.0682. The number of nitrogens with zero attached hydrogens (tertiary/aromatic N) is 2. The van der Waals surface area contributed by atoms with Crippen LogP contribution in [0.25, 0.3) is 0 Å². The number of carboxylic acid groups (broad SMARTS) is 2. The SMILES string of the molecule is Cc1nn(Cc2ccccc2CC(=O)O)c(C)c1C(=O)O. The zero-order valence-electron chi connectivity index (χ0n) is 11.8. The number of aliphatic carboxylic acids is 1. The Kier molecular flexibility index (Phi) is 4.07. The van der Waals surface area contributed by atoms with Gasteiger partial charge in [-0.25, -0.2) is 4.79 Å². The second-order valence-electron chi connectivity index (χ2n) is 4.85. The molecule has 0 atom stereocenters. The highest BCUT2D eigenvalue weighted by molar-refractivity contribution is 5.90. The molecule has 0 saturated carbocycles. The molecule has 0 radical (unpaired) electrons. The molecule has 2 rings (SSSR count). The lowest BCUT2D eigenvalue weighted by Crippen LogP contribution is -2.10. The summed E-state index contributed by atoms with van der Waals surface area (Å²) < 4.78 is 1.60. The molecule has 0 unspecified atom stereocenters. The molecule has 110 valence electrons. The summed E-state index contributed by atoms with van der Waals surface area (Å²) in [4.78, 5) is 22.1. The first-order valence-corrected chi connectivity index (χ1v) is 6.46. The quantitative estimate of drug-likeness (QED) is 0.876. The molecule has 0 saturated heterocycles. The summed E-state index contributed by atoms with van der Waals surface area (Å²) in [5, 5.41) is 22.3. The third-order valence-electron chi connectivity index (χ3n) is 3.38. The van der Waals surface area contributed by atoms with Crippen molar-refractivity contribution in [3.63, 3.8) is 0 Å². The molecule has 0 spiro atoms. The number of hydrogen-bond acceptors (Lipinski definition) is 3. The Morgan fingerprint density at radius 2 is 1.76 bits per heavy atom. The molecule has 2 N–H and O–H groups in total. The summed E-state index contributed by atoms with van der Waals surface area (Å²) in [7, 11) is 0. The van der Waals surface area contributed by atoms with Gasteiger partial charge in [-0.15, -0.1) is 0 Å². The van der Waals surface area contributed by atoms with E-state index in [9.17, 15) is 9.59 Å². The van der Waals surface area contributed by atoms with Crippen molar-refractivity contribution in [2.24, 2.45) is 0 Å². The minimum atomic E-state index is -1.00. The van der Waals surface area contributed by atoms with Crippen LogP contribution in [0.2, 0.25) is 0 Å². The number of hydrogen-bond donors (Lipinski definition) is 2. The molecule has 21 heavy (non-hydrogen) atoms. The van der Waals surface area contributed by atoms with E-state index in [0.29, 0.717) is 23.5 Å². The van der Waals surface area contributed by atoms with Crippen LogP contribution in [-0.4, -0.2) is 31.9 Å². The maximum atomic E-state index is 11.2.